The zero-order valence-corrected chi connectivity index (χ0v) is 10.2. The first-order valence-electron chi connectivity index (χ1n) is 5.60. The van der Waals surface area contributed by atoms with Crippen molar-refractivity contribution in [1.82, 2.24) is 5.32 Å². The average Bonchev–Trinajstić information content (AvgIpc) is 2.87. The second-order valence-corrected chi connectivity index (χ2v) is 4.71. The predicted molar refractivity (Wildman–Crippen MR) is 61.3 cm³/mol. The number of rotatable bonds is 3. The van der Waals surface area contributed by atoms with E-state index in [4.69, 9.17) is 9.15 Å². The number of nitrogens with one attached hydrogen (secondary N) is 1. The summed E-state index contributed by atoms with van der Waals surface area (Å²) < 4.78 is 10.2. The second kappa shape index (κ2) is 4.45. The van der Waals surface area contributed by atoms with E-state index >= 15 is 0 Å². The minimum atomic E-state index is -1.09. The topological polar surface area (TPSA) is 88.8 Å². The van der Waals surface area contributed by atoms with Gasteiger partial charge in [-0.05, 0) is 19.9 Å². The van der Waals surface area contributed by atoms with Crippen molar-refractivity contribution in [3.8, 4) is 0 Å². The molecule has 1 amide bonds. The largest absolute Gasteiger partial charge is 0.481 e. The van der Waals surface area contributed by atoms with E-state index < -0.39 is 17.4 Å². The van der Waals surface area contributed by atoms with E-state index in [0.29, 0.717) is 11.3 Å². The number of amides is 1. The molecule has 0 bridgehead atoms. The molecule has 1 aromatic heterocycles. The maximum absolute atomic E-state index is 11.9. The number of aliphatic carboxylic acids is 1. The standard InChI is InChI=1S/C12H15NO5/c1-7-3-8(4-18-7)10(14)13-9-5-17-6-12(9,2)11(15)16/h3-4,9H,5-6H2,1-2H3,(H,13,14)(H,15,16). The minimum Gasteiger partial charge on any atom is -0.481 e. The van der Waals surface area contributed by atoms with Gasteiger partial charge in [0, 0.05) is 0 Å². The highest BCUT2D eigenvalue weighted by atomic mass is 16.5. The van der Waals surface area contributed by atoms with Crippen molar-refractivity contribution in [3.05, 3.63) is 23.7 Å². The van der Waals surface area contributed by atoms with Crippen LogP contribution in [0.15, 0.2) is 16.7 Å². The first-order chi connectivity index (χ1) is 8.43. The van der Waals surface area contributed by atoms with E-state index in [2.05, 4.69) is 5.32 Å². The molecular weight excluding hydrogens is 238 g/mol. The first-order valence-corrected chi connectivity index (χ1v) is 5.60. The van der Waals surface area contributed by atoms with Crippen LogP contribution in [0, 0.1) is 12.3 Å². The number of aryl methyl sites for hydroxylation is 1. The van der Waals surface area contributed by atoms with Crippen molar-refractivity contribution in [1.29, 1.82) is 0 Å². The van der Waals surface area contributed by atoms with E-state index in [9.17, 15) is 14.7 Å². The predicted octanol–water partition coefficient (Wildman–Crippen LogP) is 0.808. The highest BCUT2D eigenvalue weighted by molar-refractivity contribution is 5.94. The van der Waals surface area contributed by atoms with Crippen molar-refractivity contribution in [2.24, 2.45) is 5.41 Å². The maximum atomic E-state index is 11.9. The number of carboxylic acids is 1. The molecule has 0 saturated carbocycles. The van der Waals surface area contributed by atoms with Crippen LogP contribution in [-0.2, 0) is 9.53 Å². The molecule has 1 aliphatic rings. The molecular formula is C12H15NO5. The van der Waals surface area contributed by atoms with Crippen LogP contribution in [0.4, 0.5) is 0 Å². The monoisotopic (exact) mass is 253 g/mol. The molecule has 6 nitrogen and oxygen atoms in total. The Labute approximate surface area is 104 Å². The number of carbonyl (C=O) groups is 2. The Morgan fingerprint density at radius 1 is 1.56 bits per heavy atom. The van der Waals surface area contributed by atoms with E-state index in [1.165, 1.54) is 6.26 Å². The summed E-state index contributed by atoms with van der Waals surface area (Å²) in [5, 5.41) is 11.9. The normalized spacial score (nSPS) is 27.1. The van der Waals surface area contributed by atoms with Crippen molar-refractivity contribution in [2.75, 3.05) is 13.2 Å². The van der Waals surface area contributed by atoms with E-state index in [1.807, 2.05) is 0 Å². The number of carboxylic acid groups (broad SMARTS) is 1. The lowest BCUT2D eigenvalue weighted by atomic mass is 9.85. The van der Waals surface area contributed by atoms with Crippen LogP contribution in [0.25, 0.3) is 0 Å². The second-order valence-electron chi connectivity index (χ2n) is 4.71. The fraction of sp³-hybridized carbons (Fsp3) is 0.500. The van der Waals surface area contributed by atoms with Gasteiger partial charge in [0.25, 0.3) is 5.91 Å². The molecule has 2 rings (SSSR count). The molecule has 1 aromatic rings. The highest BCUT2D eigenvalue weighted by Crippen LogP contribution is 2.29. The number of furan rings is 1. The minimum absolute atomic E-state index is 0.0949. The number of ether oxygens (including phenoxy) is 1. The number of carbonyl (C=O) groups excluding carboxylic acids is 1. The van der Waals surface area contributed by atoms with Gasteiger partial charge in [-0.15, -0.1) is 0 Å². The lowest BCUT2D eigenvalue weighted by Gasteiger charge is -2.25. The van der Waals surface area contributed by atoms with E-state index in [0.717, 1.165) is 0 Å². The summed E-state index contributed by atoms with van der Waals surface area (Å²) in [6, 6.07) is 1.06. The maximum Gasteiger partial charge on any atom is 0.313 e. The molecule has 2 N–H and O–H groups in total. The van der Waals surface area contributed by atoms with Gasteiger partial charge in [0.1, 0.15) is 17.4 Å². The molecule has 98 valence electrons. The quantitative estimate of drug-likeness (QED) is 0.832. The molecule has 18 heavy (non-hydrogen) atoms. The third-order valence-corrected chi connectivity index (χ3v) is 3.24. The Hall–Kier alpha value is -1.82. The Morgan fingerprint density at radius 3 is 2.83 bits per heavy atom. The van der Waals surface area contributed by atoms with Crippen molar-refractivity contribution >= 4 is 11.9 Å². The van der Waals surface area contributed by atoms with Gasteiger partial charge in [-0.3, -0.25) is 9.59 Å². The number of hydrogen-bond donors (Lipinski definition) is 2. The average molecular weight is 253 g/mol. The van der Waals surface area contributed by atoms with Crippen LogP contribution in [0.3, 0.4) is 0 Å². The molecule has 0 spiro atoms. The van der Waals surface area contributed by atoms with Crippen LogP contribution >= 0.6 is 0 Å². The lowest BCUT2D eigenvalue weighted by Crippen LogP contribution is -2.49. The third kappa shape index (κ3) is 2.11. The van der Waals surface area contributed by atoms with E-state index in [1.54, 1.807) is 19.9 Å². The number of hydrogen-bond acceptors (Lipinski definition) is 4. The highest BCUT2D eigenvalue weighted by Gasteiger charge is 2.47. The summed E-state index contributed by atoms with van der Waals surface area (Å²) in [6.07, 6.45) is 1.35. The molecule has 2 unspecified atom stereocenters. The van der Waals surface area contributed by atoms with Gasteiger partial charge < -0.3 is 19.6 Å². The molecule has 2 atom stereocenters. The Bertz CT molecular complexity index is 481. The summed E-state index contributed by atoms with van der Waals surface area (Å²) in [4.78, 5) is 23.1. The first kappa shape index (κ1) is 12.6. The zero-order valence-electron chi connectivity index (χ0n) is 10.2. The van der Waals surface area contributed by atoms with Crippen LogP contribution in [0.1, 0.15) is 23.0 Å². The molecule has 1 saturated heterocycles. The van der Waals surface area contributed by atoms with Gasteiger partial charge in [0.15, 0.2) is 0 Å². The molecule has 6 heteroatoms. The molecule has 0 aliphatic carbocycles. The van der Waals surface area contributed by atoms with Gasteiger partial charge in [0.2, 0.25) is 0 Å². The van der Waals surface area contributed by atoms with Crippen LogP contribution < -0.4 is 5.32 Å². The molecule has 0 aromatic carbocycles. The van der Waals surface area contributed by atoms with Gasteiger partial charge >= 0.3 is 5.97 Å². The van der Waals surface area contributed by atoms with Gasteiger partial charge in [-0.25, -0.2) is 0 Å². The third-order valence-electron chi connectivity index (χ3n) is 3.24. The summed E-state index contributed by atoms with van der Waals surface area (Å²) >= 11 is 0. The summed E-state index contributed by atoms with van der Waals surface area (Å²) in [6.45, 7) is 3.59. The van der Waals surface area contributed by atoms with Crippen LogP contribution in [-0.4, -0.2) is 36.2 Å². The Morgan fingerprint density at radius 2 is 2.28 bits per heavy atom. The lowest BCUT2D eigenvalue weighted by molar-refractivity contribution is -0.148. The Kier molecular flexibility index (Phi) is 3.13. The summed E-state index contributed by atoms with van der Waals surface area (Å²) in [5.41, 5.74) is -0.707. The fourth-order valence-electron chi connectivity index (χ4n) is 1.89. The fourth-order valence-corrected chi connectivity index (χ4v) is 1.89. The van der Waals surface area contributed by atoms with Gasteiger partial charge in [-0.2, -0.15) is 0 Å². The molecule has 1 fully saturated rings. The van der Waals surface area contributed by atoms with Crippen LogP contribution in [0.2, 0.25) is 0 Å². The SMILES string of the molecule is Cc1cc(C(=O)NC2COCC2(C)C(=O)O)co1. The zero-order chi connectivity index (χ0) is 13.3. The summed E-state index contributed by atoms with van der Waals surface area (Å²) in [7, 11) is 0. The van der Waals surface area contributed by atoms with E-state index in [-0.39, 0.29) is 19.1 Å². The van der Waals surface area contributed by atoms with Crippen molar-refractivity contribution in [2.45, 2.75) is 19.9 Å². The molecule has 0 radical (unpaired) electrons. The van der Waals surface area contributed by atoms with Gasteiger partial charge in [0.05, 0.1) is 24.8 Å². The Balaban J connectivity index is 2.10. The molecule has 2 heterocycles. The van der Waals surface area contributed by atoms with Gasteiger partial charge in [-0.1, -0.05) is 0 Å². The smallest absolute Gasteiger partial charge is 0.313 e. The molecule has 1 aliphatic heterocycles. The van der Waals surface area contributed by atoms with Crippen LogP contribution in [0.5, 0.6) is 0 Å². The van der Waals surface area contributed by atoms with Crippen molar-refractivity contribution < 1.29 is 23.8 Å². The van der Waals surface area contributed by atoms with Crippen molar-refractivity contribution in [3.63, 3.8) is 0 Å². The summed E-state index contributed by atoms with van der Waals surface area (Å²) in [5.74, 6) is -0.702.